The van der Waals surface area contributed by atoms with Crippen LogP contribution in [0, 0.1) is 10.8 Å². The number of rotatable bonds is 5. The molecule has 1 N–H and O–H groups in total. The molecule has 5 heteroatoms. The molecule has 2 aromatic carbocycles. The number of methoxy groups -OCH3 is 1. The van der Waals surface area contributed by atoms with Gasteiger partial charge in [0, 0.05) is 35.0 Å². The summed E-state index contributed by atoms with van der Waals surface area (Å²) in [5.41, 5.74) is 3.22. The summed E-state index contributed by atoms with van der Waals surface area (Å²) in [6, 6.07) is 14.9. The van der Waals surface area contributed by atoms with E-state index < -0.39 is 5.60 Å². The maximum absolute atomic E-state index is 10.9. The molecule has 180 valence electrons. The zero-order chi connectivity index (χ0) is 23.3. The fourth-order valence-corrected chi connectivity index (χ4v) is 9.39. The molecule has 0 amide bonds. The molecule has 4 bridgehead atoms. The van der Waals surface area contributed by atoms with E-state index >= 15 is 0 Å². The first-order chi connectivity index (χ1) is 16.4. The highest BCUT2D eigenvalue weighted by molar-refractivity contribution is 5.63. The van der Waals surface area contributed by atoms with Gasteiger partial charge in [0.1, 0.15) is 11.7 Å². The molecule has 1 saturated heterocycles. The minimum atomic E-state index is -0.452. The van der Waals surface area contributed by atoms with Crippen LogP contribution in [0.5, 0.6) is 11.5 Å². The van der Waals surface area contributed by atoms with Crippen molar-refractivity contribution in [2.45, 2.75) is 68.8 Å². The van der Waals surface area contributed by atoms with E-state index in [-0.39, 0.29) is 28.1 Å². The molecular formula is C29H35NO4. The largest absolute Gasteiger partial charge is 0.504 e. The smallest absolute Gasteiger partial charge is 0.165 e. The van der Waals surface area contributed by atoms with Crippen molar-refractivity contribution in [3.05, 3.63) is 59.2 Å². The number of ether oxygens (including phenoxy) is 3. The molecule has 5 nitrogen and oxygen atoms in total. The Labute approximate surface area is 202 Å². The summed E-state index contributed by atoms with van der Waals surface area (Å²) in [7, 11) is 4.17. The highest BCUT2D eigenvalue weighted by Gasteiger charge is 2.82. The molecule has 0 radical (unpaired) electrons. The number of likely N-dealkylation sites (N-methyl/N-ethyl adjacent to an activating group) is 1. The Morgan fingerprint density at radius 3 is 2.74 bits per heavy atom. The molecule has 2 heterocycles. The Kier molecular flexibility index (Phi) is 4.23. The minimum absolute atomic E-state index is 0.0982. The van der Waals surface area contributed by atoms with Crippen LogP contribution in [0.2, 0.25) is 0 Å². The number of likely N-dealkylation sites (tertiary alicyclic amines) is 1. The van der Waals surface area contributed by atoms with Crippen molar-refractivity contribution in [3.8, 4) is 11.5 Å². The number of hydrogen-bond donors (Lipinski definition) is 1. The third-order valence-electron chi connectivity index (χ3n) is 10.7. The Morgan fingerprint density at radius 2 is 1.94 bits per heavy atom. The van der Waals surface area contributed by atoms with E-state index in [0.29, 0.717) is 19.3 Å². The summed E-state index contributed by atoms with van der Waals surface area (Å²) >= 11 is 0. The van der Waals surface area contributed by atoms with E-state index in [2.05, 4.69) is 49.2 Å². The lowest BCUT2D eigenvalue weighted by Crippen LogP contribution is -2.83. The summed E-state index contributed by atoms with van der Waals surface area (Å²) in [4.78, 5) is 2.60. The first-order valence-electron chi connectivity index (χ1n) is 12.8. The second-order valence-corrected chi connectivity index (χ2v) is 11.8. The second-order valence-electron chi connectivity index (χ2n) is 11.8. The third-order valence-corrected chi connectivity index (χ3v) is 10.7. The van der Waals surface area contributed by atoms with Gasteiger partial charge in [-0.3, -0.25) is 0 Å². The number of benzene rings is 2. The van der Waals surface area contributed by atoms with Gasteiger partial charge in [0.25, 0.3) is 0 Å². The number of phenolic OH excluding ortho intramolecular Hbond substituents is 1. The molecule has 0 unspecified atom stereocenters. The molecule has 4 aliphatic carbocycles. The first kappa shape index (κ1) is 21.2. The standard InChI is InChI=1S/C29H35NO4/c1-26(18-33-16-19-7-5-4-6-8-19)17-27-11-12-29(26,32-3)25-28(27)13-14-30(2)22(27)15-20-9-10-21(31)24(34-25)23(20)28/h4-10,22,25,31H,11-18H2,1-3H3/t22-,25-,26-,27-,28+,29+/m1/s1. The van der Waals surface area contributed by atoms with Gasteiger partial charge in [-0.2, -0.15) is 0 Å². The van der Waals surface area contributed by atoms with E-state index in [4.69, 9.17) is 14.2 Å². The first-order valence-corrected chi connectivity index (χ1v) is 12.8. The average Bonchev–Trinajstić information content (AvgIpc) is 3.21. The summed E-state index contributed by atoms with van der Waals surface area (Å²) in [6.07, 6.45) is 5.15. The predicted octanol–water partition coefficient (Wildman–Crippen LogP) is 4.44. The zero-order valence-electron chi connectivity index (χ0n) is 20.5. The van der Waals surface area contributed by atoms with Crippen LogP contribution in [0.25, 0.3) is 0 Å². The van der Waals surface area contributed by atoms with Gasteiger partial charge in [0.15, 0.2) is 11.5 Å². The van der Waals surface area contributed by atoms with Crippen LogP contribution in [-0.4, -0.2) is 55.1 Å². The molecule has 2 spiro atoms. The van der Waals surface area contributed by atoms with Crippen molar-refractivity contribution in [3.63, 3.8) is 0 Å². The Morgan fingerprint density at radius 1 is 1.12 bits per heavy atom. The molecule has 4 fully saturated rings. The fourth-order valence-electron chi connectivity index (χ4n) is 9.39. The van der Waals surface area contributed by atoms with Crippen molar-refractivity contribution in [1.29, 1.82) is 0 Å². The van der Waals surface area contributed by atoms with E-state index in [1.807, 2.05) is 19.2 Å². The number of hydrogen-bond acceptors (Lipinski definition) is 5. The van der Waals surface area contributed by atoms with Crippen LogP contribution >= 0.6 is 0 Å². The normalized spacial score (nSPS) is 41.3. The van der Waals surface area contributed by atoms with Crippen molar-refractivity contribution in [1.82, 2.24) is 4.90 Å². The highest BCUT2D eigenvalue weighted by Crippen LogP contribution is 2.78. The van der Waals surface area contributed by atoms with Crippen molar-refractivity contribution in [2.24, 2.45) is 10.8 Å². The van der Waals surface area contributed by atoms with Crippen molar-refractivity contribution >= 4 is 0 Å². The quantitative estimate of drug-likeness (QED) is 0.713. The lowest BCUT2D eigenvalue weighted by atomic mass is 9.32. The van der Waals surface area contributed by atoms with Gasteiger partial charge in [-0.15, -0.1) is 0 Å². The highest BCUT2D eigenvalue weighted by atomic mass is 16.6. The van der Waals surface area contributed by atoms with Gasteiger partial charge in [0.2, 0.25) is 0 Å². The van der Waals surface area contributed by atoms with Gasteiger partial charge >= 0.3 is 0 Å². The van der Waals surface area contributed by atoms with Gasteiger partial charge in [-0.1, -0.05) is 43.3 Å². The lowest BCUT2D eigenvalue weighted by molar-refractivity contribution is -0.313. The van der Waals surface area contributed by atoms with E-state index in [1.54, 1.807) is 0 Å². The lowest BCUT2D eigenvalue weighted by Gasteiger charge is -2.76. The number of aromatic hydroxyl groups is 1. The predicted molar refractivity (Wildman–Crippen MR) is 129 cm³/mol. The Bertz CT molecular complexity index is 1150. The minimum Gasteiger partial charge on any atom is -0.504 e. The van der Waals surface area contributed by atoms with E-state index in [0.717, 1.165) is 44.4 Å². The maximum atomic E-state index is 10.9. The Balaban J connectivity index is 1.36. The van der Waals surface area contributed by atoms with Crippen LogP contribution in [-0.2, 0) is 27.9 Å². The average molecular weight is 462 g/mol. The van der Waals surface area contributed by atoms with Gasteiger partial charge in [-0.25, -0.2) is 0 Å². The zero-order valence-corrected chi connectivity index (χ0v) is 20.5. The molecule has 8 rings (SSSR count). The van der Waals surface area contributed by atoms with Crippen molar-refractivity contribution in [2.75, 3.05) is 27.3 Å². The van der Waals surface area contributed by atoms with Crippen molar-refractivity contribution < 1.29 is 19.3 Å². The molecule has 6 atom stereocenters. The molecular weight excluding hydrogens is 426 g/mol. The van der Waals surface area contributed by atoms with E-state index in [1.165, 1.54) is 16.7 Å². The Hall–Kier alpha value is -2.08. The monoisotopic (exact) mass is 461 g/mol. The number of phenols is 1. The topological polar surface area (TPSA) is 51.2 Å². The number of piperidine rings is 1. The molecule has 3 saturated carbocycles. The molecule has 2 aromatic rings. The summed E-state index contributed by atoms with van der Waals surface area (Å²) in [5.74, 6) is 1.01. The van der Waals surface area contributed by atoms with Crippen LogP contribution in [0.4, 0.5) is 0 Å². The van der Waals surface area contributed by atoms with E-state index in [9.17, 15) is 5.11 Å². The van der Waals surface area contributed by atoms with Gasteiger partial charge < -0.3 is 24.2 Å². The van der Waals surface area contributed by atoms with Crippen LogP contribution in [0.15, 0.2) is 42.5 Å². The SMILES string of the molecule is CO[C@]12CC[C@@]3(C[C@]1(C)COCc1ccccc1)[C@H]1Cc4ccc(O)c5c4[C@@]3(CCN1C)[C@H]2O5. The van der Waals surface area contributed by atoms with Gasteiger partial charge in [0.05, 0.1) is 13.2 Å². The van der Waals surface area contributed by atoms with Crippen LogP contribution in [0.3, 0.4) is 0 Å². The van der Waals surface area contributed by atoms with Crippen LogP contribution in [0.1, 0.15) is 49.3 Å². The van der Waals surface area contributed by atoms with Crippen LogP contribution < -0.4 is 4.74 Å². The molecule has 0 aromatic heterocycles. The number of fused-ring (bicyclic) bond motifs is 2. The fraction of sp³-hybridized carbons (Fsp3) is 0.586. The molecule has 6 aliphatic rings. The summed E-state index contributed by atoms with van der Waals surface area (Å²) in [6.45, 7) is 4.67. The molecule has 2 aliphatic heterocycles. The summed E-state index contributed by atoms with van der Waals surface area (Å²) in [5, 5.41) is 10.9. The number of nitrogens with zero attached hydrogens (tertiary/aromatic N) is 1. The maximum Gasteiger partial charge on any atom is 0.165 e. The third kappa shape index (κ3) is 2.23. The second kappa shape index (κ2) is 6.77. The molecule has 34 heavy (non-hydrogen) atoms. The summed E-state index contributed by atoms with van der Waals surface area (Å²) < 4.78 is 19.9. The van der Waals surface area contributed by atoms with Gasteiger partial charge in [-0.05, 0) is 62.9 Å².